The fraction of sp³-hybridized carbons (Fsp3) is 0.125. The standard InChI is InChI=1S/C16H16ClN/c17-16-10-8-14(9-11-16)7-4-12-18-13-15-5-2-1-3-6-15/h1-11,18H,12-13H2/b7-4+. The first-order chi connectivity index (χ1) is 8.84. The lowest BCUT2D eigenvalue weighted by Gasteiger charge is -2.01. The largest absolute Gasteiger partial charge is 0.309 e. The van der Waals surface area contributed by atoms with Gasteiger partial charge in [0.05, 0.1) is 0 Å². The lowest BCUT2D eigenvalue weighted by atomic mass is 10.2. The van der Waals surface area contributed by atoms with Gasteiger partial charge in [-0.2, -0.15) is 0 Å². The van der Waals surface area contributed by atoms with E-state index in [9.17, 15) is 0 Å². The Kier molecular flexibility index (Phi) is 5.00. The van der Waals surface area contributed by atoms with E-state index in [1.165, 1.54) is 11.1 Å². The smallest absolute Gasteiger partial charge is 0.0406 e. The highest BCUT2D eigenvalue weighted by Gasteiger charge is 1.89. The lowest BCUT2D eigenvalue weighted by molar-refractivity contribution is 0.761. The molecule has 2 rings (SSSR count). The Balaban J connectivity index is 1.74. The normalized spacial score (nSPS) is 10.9. The summed E-state index contributed by atoms with van der Waals surface area (Å²) in [4.78, 5) is 0. The average Bonchev–Trinajstić information content (AvgIpc) is 2.42. The second kappa shape index (κ2) is 7.00. The summed E-state index contributed by atoms with van der Waals surface area (Å²) in [5.74, 6) is 0. The SMILES string of the molecule is Clc1ccc(/C=C/CNCc2ccccc2)cc1. The number of benzene rings is 2. The summed E-state index contributed by atoms with van der Waals surface area (Å²) < 4.78 is 0. The van der Waals surface area contributed by atoms with Crippen LogP contribution in [0.4, 0.5) is 0 Å². The molecule has 0 spiro atoms. The van der Waals surface area contributed by atoms with Crippen molar-refractivity contribution < 1.29 is 0 Å². The van der Waals surface area contributed by atoms with Crippen LogP contribution in [-0.2, 0) is 6.54 Å². The van der Waals surface area contributed by atoms with Crippen molar-refractivity contribution in [3.63, 3.8) is 0 Å². The van der Waals surface area contributed by atoms with Crippen molar-refractivity contribution in [2.45, 2.75) is 6.54 Å². The molecule has 0 aliphatic rings. The van der Waals surface area contributed by atoms with Crippen molar-refractivity contribution in [2.75, 3.05) is 6.54 Å². The summed E-state index contributed by atoms with van der Waals surface area (Å²) in [6, 6.07) is 18.2. The van der Waals surface area contributed by atoms with E-state index >= 15 is 0 Å². The second-order valence-electron chi connectivity index (χ2n) is 4.07. The predicted octanol–water partition coefficient (Wildman–Crippen LogP) is 4.14. The number of hydrogen-bond acceptors (Lipinski definition) is 1. The average molecular weight is 258 g/mol. The number of nitrogens with one attached hydrogen (secondary N) is 1. The number of hydrogen-bond donors (Lipinski definition) is 1. The highest BCUT2D eigenvalue weighted by Crippen LogP contribution is 2.10. The van der Waals surface area contributed by atoms with Crippen LogP contribution in [0.2, 0.25) is 5.02 Å². The zero-order valence-corrected chi connectivity index (χ0v) is 10.9. The summed E-state index contributed by atoms with van der Waals surface area (Å²) >= 11 is 5.83. The monoisotopic (exact) mass is 257 g/mol. The zero-order chi connectivity index (χ0) is 12.6. The summed E-state index contributed by atoms with van der Waals surface area (Å²) in [6.07, 6.45) is 4.21. The van der Waals surface area contributed by atoms with Crippen molar-refractivity contribution in [2.24, 2.45) is 0 Å². The fourth-order valence-electron chi connectivity index (χ4n) is 1.66. The minimum absolute atomic E-state index is 0.773. The van der Waals surface area contributed by atoms with Crippen LogP contribution in [0.15, 0.2) is 60.7 Å². The van der Waals surface area contributed by atoms with Crippen molar-refractivity contribution >= 4 is 17.7 Å². The topological polar surface area (TPSA) is 12.0 Å². The molecule has 0 radical (unpaired) electrons. The van der Waals surface area contributed by atoms with Crippen LogP contribution in [0.25, 0.3) is 6.08 Å². The minimum Gasteiger partial charge on any atom is -0.309 e. The molecular weight excluding hydrogens is 242 g/mol. The van der Waals surface area contributed by atoms with E-state index in [-0.39, 0.29) is 0 Å². The van der Waals surface area contributed by atoms with E-state index < -0.39 is 0 Å². The first-order valence-corrected chi connectivity index (χ1v) is 6.39. The van der Waals surface area contributed by atoms with Gasteiger partial charge in [-0.05, 0) is 23.3 Å². The molecule has 18 heavy (non-hydrogen) atoms. The van der Waals surface area contributed by atoms with Gasteiger partial charge in [-0.3, -0.25) is 0 Å². The molecule has 0 bridgehead atoms. The highest BCUT2D eigenvalue weighted by atomic mass is 35.5. The molecule has 0 saturated carbocycles. The van der Waals surface area contributed by atoms with Gasteiger partial charge in [0.2, 0.25) is 0 Å². The molecule has 1 nitrogen and oxygen atoms in total. The maximum atomic E-state index is 5.83. The maximum absolute atomic E-state index is 5.83. The lowest BCUT2D eigenvalue weighted by Crippen LogP contribution is -2.12. The fourth-order valence-corrected chi connectivity index (χ4v) is 1.79. The quantitative estimate of drug-likeness (QED) is 0.794. The first kappa shape index (κ1) is 12.9. The van der Waals surface area contributed by atoms with Crippen molar-refractivity contribution in [3.05, 3.63) is 76.8 Å². The Morgan fingerprint density at radius 2 is 1.67 bits per heavy atom. The molecule has 0 aromatic heterocycles. The van der Waals surface area contributed by atoms with Crippen molar-refractivity contribution in [1.29, 1.82) is 0 Å². The van der Waals surface area contributed by atoms with E-state index in [2.05, 4.69) is 41.7 Å². The first-order valence-electron chi connectivity index (χ1n) is 6.01. The van der Waals surface area contributed by atoms with Crippen LogP contribution in [-0.4, -0.2) is 6.54 Å². The van der Waals surface area contributed by atoms with Crippen molar-refractivity contribution in [3.8, 4) is 0 Å². The third kappa shape index (κ3) is 4.36. The van der Waals surface area contributed by atoms with Crippen LogP contribution in [0.1, 0.15) is 11.1 Å². The van der Waals surface area contributed by atoms with Gasteiger partial charge in [-0.25, -0.2) is 0 Å². The van der Waals surface area contributed by atoms with Crippen LogP contribution in [0, 0.1) is 0 Å². The molecule has 0 saturated heterocycles. The Bertz CT molecular complexity index is 488. The van der Waals surface area contributed by atoms with E-state index in [1.807, 2.05) is 30.3 Å². The molecule has 0 unspecified atom stereocenters. The van der Waals surface area contributed by atoms with E-state index in [0.717, 1.165) is 18.1 Å². The van der Waals surface area contributed by atoms with Gasteiger partial charge in [0, 0.05) is 18.1 Å². The van der Waals surface area contributed by atoms with Crippen LogP contribution in [0.3, 0.4) is 0 Å². The maximum Gasteiger partial charge on any atom is 0.0406 e. The summed E-state index contributed by atoms with van der Waals surface area (Å²) in [6.45, 7) is 1.75. The molecule has 0 heterocycles. The molecular formula is C16H16ClN. The van der Waals surface area contributed by atoms with E-state index in [4.69, 9.17) is 11.6 Å². The van der Waals surface area contributed by atoms with Crippen LogP contribution < -0.4 is 5.32 Å². The molecule has 0 amide bonds. The van der Waals surface area contributed by atoms with Gasteiger partial charge in [-0.1, -0.05) is 66.2 Å². The number of halogens is 1. The Morgan fingerprint density at radius 3 is 2.39 bits per heavy atom. The van der Waals surface area contributed by atoms with Gasteiger partial charge in [0.15, 0.2) is 0 Å². The van der Waals surface area contributed by atoms with E-state index in [1.54, 1.807) is 0 Å². The van der Waals surface area contributed by atoms with Gasteiger partial charge >= 0.3 is 0 Å². The van der Waals surface area contributed by atoms with Crippen LogP contribution >= 0.6 is 11.6 Å². The molecule has 2 aromatic rings. The zero-order valence-electron chi connectivity index (χ0n) is 10.1. The molecule has 0 fully saturated rings. The summed E-state index contributed by atoms with van der Waals surface area (Å²) in [5.41, 5.74) is 2.47. The van der Waals surface area contributed by atoms with Gasteiger partial charge < -0.3 is 5.32 Å². The minimum atomic E-state index is 0.773. The van der Waals surface area contributed by atoms with Gasteiger partial charge in [0.1, 0.15) is 0 Å². The van der Waals surface area contributed by atoms with Crippen molar-refractivity contribution in [1.82, 2.24) is 5.32 Å². The molecule has 1 N–H and O–H groups in total. The second-order valence-corrected chi connectivity index (χ2v) is 4.51. The molecule has 2 aromatic carbocycles. The summed E-state index contributed by atoms with van der Waals surface area (Å²) in [7, 11) is 0. The Morgan fingerprint density at radius 1 is 0.944 bits per heavy atom. The van der Waals surface area contributed by atoms with E-state index in [0.29, 0.717) is 0 Å². The molecule has 0 aliphatic carbocycles. The predicted molar refractivity (Wildman–Crippen MR) is 78.6 cm³/mol. The number of rotatable bonds is 5. The molecule has 0 atom stereocenters. The molecule has 2 heteroatoms. The Labute approximate surface area is 113 Å². The molecule has 92 valence electrons. The van der Waals surface area contributed by atoms with Crippen LogP contribution in [0.5, 0.6) is 0 Å². The Hall–Kier alpha value is -1.57. The third-order valence-electron chi connectivity index (χ3n) is 2.61. The third-order valence-corrected chi connectivity index (χ3v) is 2.87. The highest BCUT2D eigenvalue weighted by molar-refractivity contribution is 6.30. The summed E-state index contributed by atoms with van der Waals surface area (Å²) in [5, 5.41) is 4.14. The van der Waals surface area contributed by atoms with Gasteiger partial charge in [0.25, 0.3) is 0 Å². The van der Waals surface area contributed by atoms with Gasteiger partial charge in [-0.15, -0.1) is 0 Å². The molecule has 0 aliphatic heterocycles.